The molecule has 0 aromatic heterocycles. The lowest BCUT2D eigenvalue weighted by Gasteiger charge is -2.16. The smallest absolute Gasteiger partial charge is 0.129 e. The molecule has 2 rings (SSSR count). The third-order valence-corrected chi connectivity index (χ3v) is 2.98. The molecule has 3 heteroatoms. The van der Waals surface area contributed by atoms with Crippen LogP contribution in [0.15, 0.2) is 18.2 Å². The van der Waals surface area contributed by atoms with Crippen LogP contribution in [0.2, 0.25) is 5.02 Å². The summed E-state index contributed by atoms with van der Waals surface area (Å²) in [5, 5.41) is 3.65. The Morgan fingerprint density at radius 3 is 2.62 bits per heavy atom. The van der Waals surface area contributed by atoms with Crippen LogP contribution in [0, 0.1) is 5.82 Å². The number of rotatable bonds is 2. The summed E-state index contributed by atoms with van der Waals surface area (Å²) in [5.41, 5.74) is 0.432. The van der Waals surface area contributed by atoms with Crippen LogP contribution in [-0.4, -0.2) is 7.05 Å². The van der Waals surface area contributed by atoms with E-state index < -0.39 is 0 Å². The largest absolute Gasteiger partial charge is 0.310 e. The number of hydrogen-bond donors (Lipinski definition) is 1. The zero-order valence-corrected chi connectivity index (χ0v) is 8.16. The summed E-state index contributed by atoms with van der Waals surface area (Å²) in [6, 6.07) is 4.82. The third-order valence-electron chi connectivity index (χ3n) is 2.67. The number of benzene rings is 1. The van der Waals surface area contributed by atoms with Crippen molar-refractivity contribution in [2.45, 2.75) is 18.4 Å². The molecule has 1 saturated carbocycles. The van der Waals surface area contributed by atoms with Gasteiger partial charge in [0.25, 0.3) is 0 Å². The zero-order valence-electron chi connectivity index (χ0n) is 7.40. The molecule has 0 amide bonds. The van der Waals surface area contributed by atoms with Gasteiger partial charge in [0.05, 0.1) is 0 Å². The topological polar surface area (TPSA) is 12.0 Å². The SMILES string of the molecule is CNC1(c2c(F)cccc2Cl)CC1. The Morgan fingerprint density at radius 1 is 1.46 bits per heavy atom. The zero-order chi connectivity index (χ0) is 9.47. The second kappa shape index (κ2) is 2.96. The van der Waals surface area contributed by atoms with E-state index in [9.17, 15) is 4.39 Å². The Balaban J connectivity index is 2.50. The van der Waals surface area contributed by atoms with E-state index in [1.165, 1.54) is 6.07 Å². The highest BCUT2D eigenvalue weighted by molar-refractivity contribution is 6.31. The average molecular weight is 200 g/mol. The summed E-state index contributed by atoms with van der Waals surface area (Å²) in [6.07, 6.45) is 1.92. The summed E-state index contributed by atoms with van der Waals surface area (Å²) in [7, 11) is 1.84. The molecule has 1 aromatic carbocycles. The molecule has 13 heavy (non-hydrogen) atoms. The van der Waals surface area contributed by atoms with Gasteiger partial charge in [-0.2, -0.15) is 0 Å². The van der Waals surface area contributed by atoms with E-state index in [2.05, 4.69) is 5.32 Å². The van der Waals surface area contributed by atoms with E-state index >= 15 is 0 Å². The van der Waals surface area contributed by atoms with Gasteiger partial charge in [-0.1, -0.05) is 17.7 Å². The second-order valence-electron chi connectivity index (χ2n) is 3.43. The molecule has 0 saturated heterocycles. The predicted molar refractivity (Wildman–Crippen MR) is 51.4 cm³/mol. The molecule has 0 aliphatic heterocycles. The minimum absolute atomic E-state index is 0.192. The standard InChI is InChI=1S/C10H11ClFN/c1-13-10(5-6-10)9-7(11)3-2-4-8(9)12/h2-4,13H,5-6H2,1H3. The molecule has 1 nitrogen and oxygen atoms in total. The number of hydrogen-bond acceptors (Lipinski definition) is 1. The monoisotopic (exact) mass is 199 g/mol. The first-order chi connectivity index (χ1) is 6.19. The van der Waals surface area contributed by atoms with Crippen LogP contribution in [0.5, 0.6) is 0 Å². The van der Waals surface area contributed by atoms with E-state index in [1.54, 1.807) is 12.1 Å². The van der Waals surface area contributed by atoms with Crippen molar-refractivity contribution >= 4 is 11.6 Å². The van der Waals surface area contributed by atoms with Crippen LogP contribution in [-0.2, 0) is 5.54 Å². The fourth-order valence-corrected chi connectivity index (χ4v) is 2.05. The van der Waals surface area contributed by atoms with Crippen molar-refractivity contribution in [3.8, 4) is 0 Å². The van der Waals surface area contributed by atoms with Gasteiger partial charge in [0, 0.05) is 16.1 Å². The lowest BCUT2D eigenvalue weighted by Crippen LogP contribution is -2.26. The van der Waals surface area contributed by atoms with Crippen LogP contribution in [0.3, 0.4) is 0 Å². The molecule has 0 heterocycles. The first-order valence-corrected chi connectivity index (χ1v) is 4.71. The van der Waals surface area contributed by atoms with Gasteiger partial charge in [-0.05, 0) is 32.0 Å². The van der Waals surface area contributed by atoms with E-state index in [1.807, 2.05) is 7.05 Å². The van der Waals surface area contributed by atoms with Crippen LogP contribution >= 0.6 is 11.6 Å². The average Bonchev–Trinajstić information content (AvgIpc) is 2.85. The highest BCUT2D eigenvalue weighted by Crippen LogP contribution is 2.48. The van der Waals surface area contributed by atoms with Crippen LogP contribution in [0.4, 0.5) is 4.39 Å². The molecule has 1 N–H and O–H groups in total. The quantitative estimate of drug-likeness (QED) is 0.773. The minimum atomic E-state index is -0.209. The van der Waals surface area contributed by atoms with E-state index in [-0.39, 0.29) is 11.4 Å². The maximum Gasteiger partial charge on any atom is 0.129 e. The maximum absolute atomic E-state index is 13.4. The molecule has 0 spiro atoms. The van der Waals surface area contributed by atoms with Crippen molar-refractivity contribution in [1.82, 2.24) is 5.32 Å². The van der Waals surface area contributed by atoms with Crippen molar-refractivity contribution < 1.29 is 4.39 Å². The highest BCUT2D eigenvalue weighted by atomic mass is 35.5. The molecule has 0 unspecified atom stereocenters. The van der Waals surface area contributed by atoms with Crippen molar-refractivity contribution in [2.24, 2.45) is 0 Å². The van der Waals surface area contributed by atoms with Gasteiger partial charge in [0.1, 0.15) is 5.82 Å². The Labute approximate surface area is 81.9 Å². The van der Waals surface area contributed by atoms with Crippen LogP contribution in [0.1, 0.15) is 18.4 Å². The summed E-state index contributed by atoms with van der Waals surface area (Å²) in [5.74, 6) is -0.209. The fraction of sp³-hybridized carbons (Fsp3) is 0.400. The van der Waals surface area contributed by atoms with Crippen LogP contribution < -0.4 is 5.32 Å². The van der Waals surface area contributed by atoms with Crippen molar-refractivity contribution in [3.63, 3.8) is 0 Å². The lowest BCUT2D eigenvalue weighted by atomic mass is 10.0. The molecule has 1 aromatic rings. The Hall–Kier alpha value is -0.600. The minimum Gasteiger partial charge on any atom is -0.310 e. The first kappa shape index (κ1) is 8.97. The normalized spacial score (nSPS) is 18.7. The molecule has 70 valence electrons. The van der Waals surface area contributed by atoms with Crippen molar-refractivity contribution in [2.75, 3.05) is 7.05 Å². The summed E-state index contributed by atoms with van der Waals surface area (Å²) < 4.78 is 13.4. The van der Waals surface area contributed by atoms with Gasteiger partial charge in [-0.3, -0.25) is 0 Å². The lowest BCUT2D eigenvalue weighted by molar-refractivity contribution is 0.526. The van der Waals surface area contributed by atoms with Gasteiger partial charge in [0.2, 0.25) is 0 Å². The maximum atomic E-state index is 13.4. The van der Waals surface area contributed by atoms with Crippen molar-refractivity contribution in [1.29, 1.82) is 0 Å². The van der Waals surface area contributed by atoms with Crippen LogP contribution in [0.25, 0.3) is 0 Å². The first-order valence-electron chi connectivity index (χ1n) is 4.33. The second-order valence-corrected chi connectivity index (χ2v) is 3.84. The van der Waals surface area contributed by atoms with E-state index in [0.717, 1.165) is 12.8 Å². The molecule has 0 bridgehead atoms. The number of nitrogens with one attached hydrogen (secondary N) is 1. The highest BCUT2D eigenvalue weighted by Gasteiger charge is 2.45. The van der Waals surface area contributed by atoms with Gasteiger partial charge in [0.15, 0.2) is 0 Å². The van der Waals surface area contributed by atoms with E-state index in [4.69, 9.17) is 11.6 Å². The third kappa shape index (κ3) is 1.34. The van der Waals surface area contributed by atoms with Gasteiger partial charge in [-0.25, -0.2) is 4.39 Å². The van der Waals surface area contributed by atoms with E-state index in [0.29, 0.717) is 10.6 Å². The molecular formula is C10H11ClFN. The predicted octanol–water partition coefficient (Wildman–Crippen LogP) is 2.69. The van der Waals surface area contributed by atoms with Gasteiger partial charge < -0.3 is 5.32 Å². The summed E-state index contributed by atoms with van der Waals surface area (Å²) >= 11 is 5.95. The molecular weight excluding hydrogens is 189 g/mol. The summed E-state index contributed by atoms with van der Waals surface area (Å²) in [6.45, 7) is 0. The Bertz CT molecular complexity index is 313. The molecule has 0 radical (unpaired) electrons. The molecule has 1 aliphatic rings. The van der Waals surface area contributed by atoms with Crippen molar-refractivity contribution in [3.05, 3.63) is 34.6 Å². The molecule has 1 aliphatic carbocycles. The summed E-state index contributed by atoms with van der Waals surface area (Å²) in [4.78, 5) is 0. The fourth-order valence-electron chi connectivity index (χ4n) is 1.70. The van der Waals surface area contributed by atoms with Gasteiger partial charge in [-0.15, -0.1) is 0 Å². The molecule has 0 atom stereocenters. The van der Waals surface area contributed by atoms with Gasteiger partial charge >= 0.3 is 0 Å². The number of halogens is 2. The Morgan fingerprint density at radius 2 is 2.15 bits per heavy atom. The Kier molecular flexibility index (Phi) is 2.05. The molecule has 1 fully saturated rings.